The average Bonchev–Trinajstić information content (AvgIpc) is 3.07. The van der Waals surface area contributed by atoms with Gasteiger partial charge in [0.2, 0.25) is 12.7 Å². The molecule has 1 aliphatic rings. The van der Waals surface area contributed by atoms with Crippen molar-refractivity contribution in [2.45, 2.75) is 6.42 Å². The largest absolute Gasteiger partial charge is 0.454 e. The van der Waals surface area contributed by atoms with E-state index in [0.717, 1.165) is 23.5 Å². The van der Waals surface area contributed by atoms with Crippen LogP contribution in [0.15, 0.2) is 53.6 Å². The number of thioether (sulfide) groups is 1. The summed E-state index contributed by atoms with van der Waals surface area (Å²) in [5, 5.41) is 3.97. The number of aryl methyl sites for hydroxylation is 1. The Morgan fingerprint density at radius 1 is 1.17 bits per heavy atom. The molecule has 24 heavy (non-hydrogen) atoms. The van der Waals surface area contributed by atoms with E-state index in [1.54, 1.807) is 18.0 Å². The molecule has 0 aromatic heterocycles. The van der Waals surface area contributed by atoms with Gasteiger partial charge in [0.1, 0.15) is 0 Å². The van der Waals surface area contributed by atoms with Crippen molar-refractivity contribution in [2.24, 2.45) is 5.10 Å². The van der Waals surface area contributed by atoms with Crippen LogP contribution in [0.25, 0.3) is 0 Å². The van der Waals surface area contributed by atoms with E-state index >= 15 is 0 Å². The molecule has 124 valence electrons. The molecule has 0 radical (unpaired) electrons. The first kappa shape index (κ1) is 16.4. The van der Waals surface area contributed by atoms with Crippen molar-refractivity contribution in [2.75, 3.05) is 18.3 Å². The topological polar surface area (TPSA) is 59.9 Å². The molecular weight excluding hydrogens is 324 g/mol. The van der Waals surface area contributed by atoms with Crippen LogP contribution in [0.2, 0.25) is 0 Å². The van der Waals surface area contributed by atoms with Crippen molar-refractivity contribution < 1.29 is 14.3 Å². The van der Waals surface area contributed by atoms with Crippen molar-refractivity contribution in [1.82, 2.24) is 5.43 Å². The second kappa shape index (κ2) is 8.40. The lowest BCUT2D eigenvalue weighted by Gasteiger charge is -2.02. The number of amides is 1. The maximum absolute atomic E-state index is 11.7. The molecule has 0 spiro atoms. The van der Waals surface area contributed by atoms with Crippen molar-refractivity contribution >= 4 is 23.9 Å². The van der Waals surface area contributed by atoms with Gasteiger partial charge < -0.3 is 9.47 Å². The molecule has 0 aliphatic carbocycles. The highest BCUT2D eigenvalue weighted by Crippen LogP contribution is 2.31. The highest BCUT2D eigenvalue weighted by molar-refractivity contribution is 7.99. The molecule has 0 atom stereocenters. The highest BCUT2D eigenvalue weighted by Gasteiger charge is 2.12. The lowest BCUT2D eigenvalue weighted by atomic mass is 10.2. The number of nitrogens with one attached hydrogen (secondary N) is 1. The lowest BCUT2D eigenvalue weighted by Crippen LogP contribution is -2.20. The first-order valence-electron chi connectivity index (χ1n) is 7.64. The summed E-state index contributed by atoms with van der Waals surface area (Å²) in [7, 11) is 0. The summed E-state index contributed by atoms with van der Waals surface area (Å²) in [6.45, 7) is 0.243. The van der Waals surface area contributed by atoms with E-state index in [4.69, 9.17) is 9.47 Å². The standard InChI is InChI=1S/C18H18N2O3S/c21-18(12-24-9-8-14-4-2-1-3-5-14)20-19-11-15-6-7-16-17(10-15)23-13-22-16/h1-7,10-11H,8-9,12-13H2,(H,20,21). The lowest BCUT2D eigenvalue weighted by molar-refractivity contribution is -0.118. The summed E-state index contributed by atoms with van der Waals surface area (Å²) in [6.07, 6.45) is 2.55. The highest BCUT2D eigenvalue weighted by atomic mass is 32.2. The number of hydrogen-bond donors (Lipinski definition) is 1. The van der Waals surface area contributed by atoms with Gasteiger partial charge in [-0.15, -0.1) is 0 Å². The van der Waals surface area contributed by atoms with Gasteiger partial charge in [-0.05, 0) is 41.5 Å². The number of hydrogen-bond acceptors (Lipinski definition) is 5. The zero-order valence-electron chi connectivity index (χ0n) is 13.1. The van der Waals surface area contributed by atoms with Crippen LogP contribution in [0.3, 0.4) is 0 Å². The second-order valence-corrected chi connectivity index (χ2v) is 6.30. The Hall–Kier alpha value is -2.47. The van der Waals surface area contributed by atoms with Crippen LogP contribution in [0.4, 0.5) is 0 Å². The maximum atomic E-state index is 11.7. The fourth-order valence-corrected chi connectivity index (χ4v) is 2.98. The summed E-state index contributed by atoms with van der Waals surface area (Å²) >= 11 is 1.60. The van der Waals surface area contributed by atoms with E-state index in [0.29, 0.717) is 11.5 Å². The summed E-state index contributed by atoms with van der Waals surface area (Å²) in [5.74, 6) is 2.62. The second-order valence-electron chi connectivity index (χ2n) is 5.19. The minimum absolute atomic E-state index is 0.106. The van der Waals surface area contributed by atoms with Crippen molar-refractivity contribution in [3.8, 4) is 11.5 Å². The third-order valence-electron chi connectivity index (χ3n) is 3.41. The fraction of sp³-hybridized carbons (Fsp3) is 0.222. The molecule has 2 aromatic carbocycles. The molecule has 0 saturated carbocycles. The third kappa shape index (κ3) is 4.76. The summed E-state index contributed by atoms with van der Waals surface area (Å²) in [6, 6.07) is 15.7. The Labute approximate surface area is 145 Å². The Balaban J connectivity index is 1.36. The van der Waals surface area contributed by atoms with Gasteiger partial charge >= 0.3 is 0 Å². The summed E-state index contributed by atoms with van der Waals surface area (Å²) in [5.41, 5.74) is 4.66. The van der Waals surface area contributed by atoms with Gasteiger partial charge in [0.25, 0.3) is 0 Å². The van der Waals surface area contributed by atoms with Gasteiger partial charge in [-0.1, -0.05) is 30.3 Å². The molecule has 0 fully saturated rings. The molecule has 6 heteroatoms. The molecule has 1 aliphatic heterocycles. The van der Waals surface area contributed by atoms with Crippen LogP contribution in [-0.2, 0) is 11.2 Å². The van der Waals surface area contributed by atoms with E-state index < -0.39 is 0 Å². The maximum Gasteiger partial charge on any atom is 0.250 e. The van der Waals surface area contributed by atoms with Crippen LogP contribution < -0.4 is 14.9 Å². The van der Waals surface area contributed by atoms with Gasteiger partial charge in [0.05, 0.1) is 12.0 Å². The SMILES string of the molecule is O=C(CSCCc1ccccc1)NN=Cc1ccc2c(c1)OCO2. The number of nitrogens with zero attached hydrogens (tertiary/aromatic N) is 1. The van der Waals surface area contributed by atoms with Crippen LogP contribution in [-0.4, -0.2) is 30.4 Å². The van der Waals surface area contributed by atoms with E-state index in [1.165, 1.54) is 5.56 Å². The minimum atomic E-state index is -0.106. The van der Waals surface area contributed by atoms with Gasteiger partial charge in [-0.2, -0.15) is 16.9 Å². The predicted octanol–water partition coefficient (Wildman–Crippen LogP) is 2.84. The predicted molar refractivity (Wildman–Crippen MR) is 95.8 cm³/mol. The molecule has 5 nitrogen and oxygen atoms in total. The number of fused-ring (bicyclic) bond motifs is 1. The van der Waals surface area contributed by atoms with Crippen molar-refractivity contribution in [3.05, 3.63) is 59.7 Å². The average molecular weight is 342 g/mol. The Morgan fingerprint density at radius 3 is 2.88 bits per heavy atom. The molecule has 2 aromatic rings. The Kier molecular flexibility index (Phi) is 5.74. The zero-order valence-corrected chi connectivity index (χ0v) is 13.9. The molecule has 0 saturated heterocycles. The number of rotatable bonds is 7. The molecule has 1 N–H and O–H groups in total. The van der Waals surface area contributed by atoms with Crippen molar-refractivity contribution in [3.63, 3.8) is 0 Å². The molecular formula is C18H18N2O3S. The monoisotopic (exact) mass is 342 g/mol. The third-order valence-corrected chi connectivity index (χ3v) is 4.37. The van der Waals surface area contributed by atoms with Gasteiger partial charge in [0, 0.05) is 0 Å². The van der Waals surface area contributed by atoms with Crippen molar-refractivity contribution in [1.29, 1.82) is 0 Å². The quantitative estimate of drug-likeness (QED) is 0.477. The minimum Gasteiger partial charge on any atom is -0.454 e. The van der Waals surface area contributed by atoms with E-state index in [9.17, 15) is 4.79 Å². The van der Waals surface area contributed by atoms with E-state index in [-0.39, 0.29) is 12.7 Å². The summed E-state index contributed by atoms with van der Waals surface area (Å²) in [4.78, 5) is 11.7. The molecule has 1 amide bonds. The van der Waals surface area contributed by atoms with E-state index in [2.05, 4.69) is 22.7 Å². The Morgan fingerprint density at radius 2 is 2.00 bits per heavy atom. The first-order chi connectivity index (χ1) is 11.8. The number of hydrazone groups is 1. The molecule has 1 heterocycles. The normalized spacial score (nSPS) is 12.5. The number of carbonyl (C=O) groups is 1. The van der Waals surface area contributed by atoms with Crippen LogP contribution in [0.1, 0.15) is 11.1 Å². The van der Waals surface area contributed by atoms with Gasteiger partial charge in [0.15, 0.2) is 11.5 Å². The van der Waals surface area contributed by atoms with E-state index in [1.807, 2.05) is 36.4 Å². The number of carbonyl (C=O) groups excluding carboxylic acids is 1. The fourth-order valence-electron chi connectivity index (χ4n) is 2.20. The summed E-state index contributed by atoms with van der Waals surface area (Å²) < 4.78 is 10.5. The smallest absolute Gasteiger partial charge is 0.250 e. The number of ether oxygens (including phenoxy) is 2. The molecule has 0 bridgehead atoms. The van der Waals surface area contributed by atoms with Crippen LogP contribution >= 0.6 is 11.8 Å². The molecule has 3 rings (SSSR count). The van der Waals surface area contributed by atoms with Gasteiger partial charge in [-0.3, -0.25) is 4.79 Å². The van der Waals surface area contributed by atoms with Crippen LogP contribution in [0.5, 0.6) is 11.5 Å². The first-order valence-corrected chi connectivity index (χ1v) is 8.80. The van der Waals surface area contributed by atoms with Crippen LogP contribution in [0, 0.1) is 0 Å². The molecule has 0 unspecified atom stereocenters. The van der Waals surface area contributed by atoms with Gasteiger partial charge in [-0.25, -0.2) is 5.43 Å². The zero-order chi connectivity index (χ0) is 16.6. The Bertz CT molecular complexity index is 719. The number of benzene rings is 2.